The second-order valence-corrected chi connectivity index (χ2v) is 3.02. The molecule has 0 unspecified atom stereocenters. The molecule has 0 saturated heterocycles. The monoisotopic (exact) mass is 218 g/mol. The van der Waals surface area contributed by atoms with Crippen molar-refractivity contribution >= 4 is 6.16 Å². The second-order valence-electron chi connectivity index (χ2n) is 3.02. The van der Waals surface area contributed by atoms with Crippen LogP contribution in [0.1, 0.15) is 5.56 Å². The molecule has 0 aliphatic carbocycles. The molecule has 5 heteroatoms. The first-order valence-electron chi connectivity index (χ1n) is 4.72. The topological polar surface area (TPSA) is 64.2 Å². The summed E-state index contributed by atoms with van der Waals surface area (Å²) in [6.07, 6.45) is 2.26. The third-order valence-electron chi connectivity index (χ3n) is 1.85. The molecule has 0 spiro atoms. The van der Waals surface area contributed by atoms with Gasteiger partial charge in [0, 0.05) is 12.4 Å². The fourth-order valence-corrected chi connectivity index (χ4v) is 1.13. The SMILES string of the molecule is O=C(OCc1ccccc1)Oc1ncc[nH]1. The van der Waals surface area contributed by atoms with Gasteiger partial charge in [0.25, 0.3) is 0 Å². The lowest BCUT2D eigenvalue weighted by Gasteiger charge is -2.03. The average molecular weight is 218 g/mol. The van der Waals surface area contributed by atoms with Gasteiger partial charge in [-0.15, -0.1) is 0 Å². The maximum absolute atomic E-state index is 11.2. The van der Waals surface area contributed by atoms with Crippen LogP contribution in [-0.2, 0) is 11.3 Å². The molecule has 0 atom stereocenters. The molecule has 5 nitrogen and oxygen atoms in total. The molecule has 2 aromatic rings. The lowest BCUT2D eigenvalue weighted by atomic mass is 10.2. The highest BCUT2D eigenvalue weighted by Gasteiger charge is 2.07. The van der Waals surface area contributed by atoms with Gasteiger partial charge >= 0.3 is 12.2 Å². The maximum atomic E-state index is 11.2. The highest BCUT2D eigenvalue weighted by molar-refractivity contribution is 5.62. The summed E-state index contributed by atoms with van der Waals surface area (Å²) in [5.74, 6) is 0. The van der Waals surface area contributed by atoms with E-state index in [4.69, 9.17) is 9.47 Å². The molecule has 0 saturated carbocycles. The highest BCUT2D eigenvalue weighted by Crippen LogP contribution is 2.04. The van der Waals surface area contributed by atoms with Crippen molar-refractivity contribution in [2.24, 2.45) is 0 Å². The molecular formula is C11H10N2O3. The molecule has 0 fully saturated rings. The van der Waals surface area contributed by atoms with Gasteiger partial charge in [-0.3, -0.25) is 0 Å². The van der Waals surface area contributed by atoms with Crippen LogP contribution in [0.3, 0.4) is 0 Å². The number of nitrogens with one attached hydrogen (secondary N) is 1. The number of hydrogen-bond donors (Lipinski definition) is 1. The van der Waals surface area contributed by atoms with Crippen molar-refractivity contribution in [3.05, 3.63) is 48.3 Å². The van der Waals surface area contributed by atoms with Crippen LogP contribution in [0.4, 0.5) is 4.79 Å². The number of ether oxygens (including phenoxy) is 2. The number of benzene rings is 1. The molecule has 2 rings (SSSR count). The Balaban J connectivity index is 1.80. The van der Waals surface area contributed by atoms with Gasteiger partial charge in [0.1, 0.15) is 6.61 Å². The molecular weight excluding hydrogens is 208 g/mol. The number of aromatic nitrogens is 2. The van der Waals surface area contributed by atoms with E-state index in [9.17, 15) is 4.79 Å². The Morgan fingerprint density at radius 1 is 1.31 bits per heavy atom. The van der Waals surface area contributed by atoms with Crippen LogP contribution in [0.25, 0.3) is 0 Å². The fourth-order valence-electron chi connectivity index (χ4n) is 1.13. The summed E-state index contributed by atoms with van der Waals surface area (Å²) in [6.45, 7) is 0.181. The number of aromatic amines is 1. The lowest BCUT2D eigenvalue weighted by Crippen LogP contribution is -2.11. The predicted molar refractivity (Wildman–Crippen MR) is 55.8 cm³/mol. The normalized spacial score (nSPS) is 9.75. The van der Waals surface area contributed by atoms with Crippen LogP contribution < -0.4 is 4.74 Å². The van der Waals surface area contributed by atoms with Crippen molar-refractivity contribution in [1.82, 2.24) is 9.97 Å². The summed E-state index contributed by atoms with van der Waals surface area (Å²) in [5.41, 5.74) is 0.902. The zero-order valence-corrected chi connectivity index (χ0v) is 8.42. The third-order valence-corrected chi connectivity index (χ3v) is 1.85. The minimum atomic E-state index is -0.779. The Labute approximate surface area is 92.0 Å². The van der Waals surface area contributed by atoms with Crippen LogP contribution in [0.15, 0.2) is 42.7 Å². The Hall–Kier alpha value is -2.30. The molecule has 0 aliphatic heterocycles. The van der Waals surface area contributed by atoms with E-state index in [1.54, 1.807) is 6.20 Å². The molecule has 0 radical (unpaired) electrons. The second kappa shape index (κ2) is 4.97. The van der Waals surface area contributed by atoms with E-state index in [0.717, 1.165) is 5.56 Å². The van der Waals surface area contributed by atoms with Crippen LogP contribution in [-0.4, -0.2) is 16.1 Å². The van der Waals surface area contributed by atoms with Gasteiger partial charge in [-0.1, -0.05) is 30.3 Å². The first-order valence-corrected chi connectivity index (χ1v) is 4.72. The largest absolute Gasteiger partial charge is 0.516 e. The Morgan fingerprint density at radius 2 is 2.12 bits per heavy atom. The Kier molecular flexibility index (Phi) is 3.18. The minimum Gasteiger partial charge on any atom is -0.429 e. The quantitative estimate of drug-likeness (QED) is 0.801. The Bertz CT molecular complexity index is 440. The summed E-state index contributed by atoms with van der Waals surface area (Å²) in [5, 5.41) is 0. The summed E-state index contributed by atoms with van der Waals surface area (Å²) < 4.78 is 9.63. The first-order chi connectivity index (χ1) is 7.84. The van der Waals surface area contributed by atoms with E-state index in [1.807, 2.05) is 30.3 Å². The fraction of sp³-hybridized carbons (Fsp3) is 0.0909. The predicted octanol–water partition coefficient (Wildman–Crippen LogP) is 2.13. The van der Waals surface area contributed by atoms with E-state index in [-0.39, 0.29) is 12.6 Å². The van der Waals surface area contributed by atoms with Crippen molar-refractivity contribution in [3.8, 4) is 6.01 Å². The number of carbonyl (C=O) groups excluding carboxylic acids is 1. The van der Waals surface area contributed by atoms with Gasteiger partial charge in [0.05, 0.1) is 0 Å². The first kappa shape index (κ1) is 10.2. The summed E-state index contributed by atoms with van der Waals surface area (Å²) >= 11 is 0. The van der Waals surface area contributed by atoms with Gasteiger partial charge in [0.15, 0.2) is 0 Å². The van der Waals surface area contributed by atoms with E-state index in [0.29, 0.717) is 0 Å². The zero-order valence-electron chi connectivity index (χ0n) is 8.42. The summed E-state index contributed by atoms with van der Waals surface area (Å²) in [7, 11) is 0. The number of hydrogen-bond acceptors (Lipinski definition) is 4. The van der Waals surface area contributed by atoms with Gasteiger partial charge in [-0.25, -0.2) is 9.78 Å². The number of H-pyrrole nitrogens is 1. The van der Waals surface area contributed by atoms with E-state index in [2.05, 4.69) is 9.97 Å². The van der Waals surface area contributed by atoms with Gasteiger partial charge in [-0.05, 0) is 5.56 Å². The minimum absolute atomic E-state index is 0.123. The van der Waals surface area contributed by atoms with Gasteiger partial charge in [-0.2, -0.15) is 0 Å². The summed E-state index contributed by atoms with van der Waals surface area (Å²) in [4.78, 5) is 17.5. The standard InChI is InChI=1S/C11H10N2O3/c14-11(16-10-12-6-7-13-10)15-8-9-4-2-1-3-5-9/h1-7H,8H2,(H,12,13). The van der Waals surface area contributed by atoms with E-state index >= 15 is 0 Å². The lowest BCUT2D eigenvalue weighted by molar-refractivity contribution is 0.0899. The molecule has 0 amide bonds. The molecule has 16 heavy (non-hydrogen) atoms. The number of nitrogens with zero attached hydrogens (tertiary/aromatic N) is 1. The Morgan fingerprint density at radius 3 is 2.81 bits per heavy atom. The zero-order chi connectivity index (χ0) is 11.2. The molecule has 1 N–H and O–H groups in total. The van der Waals surface area contributed by atoms with Crippen molar-refractivity contribution in [2.45, 2.75) is 6.61 Å². The average Bonchev–Trinajstić information content (AvgIpc) is 2.81. The number of carbonyl (C=O) groups is 1. The van der Waals surface area contributed by atoms with Gasteiger partial charge in [0.2, 0.25) is 0 Å². The van der Waals surface area contributed by atoms with Crippen LogP contribution in [0.2, 0.25) is 0 Å². The molecule has 82 valence electrons. The number of imidazole rings is 1. The summed E-state index contributed by atoms with van der Waals surface area (Å²) in [6, 6.07) is 9.48. The van der Waals surface area contributed by atoms with Crippen LogP contribution >= 0.6 is 0 Å². The van der Waals surface area contributed by atoms with Crippen LogP contribution in [0.5, 0.6) is 6.01 Å². The van der Waals surface area contributed by atoms with Crippen LogP contribution in [0, 0.1) is 0 Å². The van der Waals surface area contributed by atoms with Crippen molar-refractivity contribution in [3.63, 3.8) is 0 Å². The maximum Gasteiger partial charge on any atom is 0.516 e. The van der Waals surface area contributed by atoms with Crippen molar-refractivity contribution in [1.29, 1.82) is 0 Å². The molecule has 1 aromatic heterocycles. The third kappa shape index (κ3) is 2.84. The molecule has 0 aliphatic rings. The highest BCUT2D eigenvalue weighted by atomic mass is 16.7. The van der Waals surface area contributed by atoms with E-state index in [1.165, 1.54) is 6.20 Å². The van der Waals surface area contributed by atoms with E-state index < -0.39 is 6.16 Å². The smallest absolute Gasteiger partial charge is 0.429 e. The molecule has 0 bridgehead atoms. The molecule has 1 aromatic carbocycles. The number of rotatable bonds is 3. The molecule has 1 heterocycles. The van der Waals surface area contributed by atoms with Crippen molar-refractivity contribution < 1.29 is 14.3 Å². The van der Waals surface area contributed by atoms with Crippen molar-refractivity contribution in [2.75, 3.05) is 0 Å². The van der Waals surface area contributed by atoms with Gasteiger partial charge < -0.3 is 14.5 Å².